The Bertz CT molecular complexity index is 866. The molecule has 1 aromatic heterocycles. The molecule has 0 unspecified atom stereocenters. The Kier molecular flexibility index (Phi) is 6.08. The molecular formula is C21H27N5O2S. The fourth-order valence-corrected chi connectivity index (χ4v) is 4.78. The second kappa shape index (κ2) is 8.90. The van der Waals surface area contributed by atoms with Crippen LogP contribution in [0.2, 0.25) is 0 Å². The molecule has 2 aromatic rings. The van der Waals surface area contributed by atoms with Crippen molar-refractivity contribution in [1.82, 2.24) is 15.5 Å². The lowest BCUT2D eigenvalue weighted by Gasteiger charge is -2.31. The predicted octanol–water partition coefficient (Wildman–Crippen LogP) is 2.90. The smallest absolute Gasteiger partial charge is 0.228 e. The van der Waals surface area contributed by atoms with E-state index < -0.39 is 0 Å². The molecule has 0 spiro atoms. The van der Waals surface area contributed by atoms with E-state index in [0.29, 0.717) is 24.6 Å². The number of nitrogens with zero attached hydrogens (tertiary/aromatic N) is 4. The first-order valence-electron chi connectivity index (χ1n) is 10.3. The van der Waals surface area contributed by atoms with E-state index in [9.17, 15) is 9.59 Å². The van der Waals surface area contributed by atoms with Crippen molar-refractivity contribution in [2.45, 2.75) is 45.6 Å². The molecule has 2 amide bonds. The summed E-state index contributed by atoms with van der Waals surface area (Å²) >= 11 is 1.45. The molecule has 1 N–H and O–H groups in total. The second-order valence-corrected chi connectivity index (χ2v) is 8.79. The van der Waals surface area contributed by atoms with Crippen LogP contribution >= 0.6 is 11.3 Å². The fourth-order valence-electron chi connectivity index (χ4n) is 3.86. The van der Waals surface area contributed by atoms with Gasteiger partial charge in [-0.3, -0.25) is 14.5 Å². The second-order valence-electron chi connectivity index (χ2n) is 7.86. The molecule has 0 saturated carbocycles. The number of piperidine rings is 2. The van der Waals surface area contributed by atoms with E-state index in [4.69, 9.17) is 0 Å². The zero-order chi connectivity index (χ0) is 20.2. The van der Waals surface area contributed by atoms with Crippen LogP contribution in [0.15, 0.2) is 24.3 Å². The number of aromatic nitrogens is 2. The summed E-state index contributed by atoms with van der Waals surface area (Å²) in [6.45, 7) is 4.83. The van der Waals surface area contributed by atoms with E-state index in [-0.39, 0.29) is 17.7 Å². The van der Waals surface area contributed by atoms with Crippen molar-refractivity contribution in [3.63, 3.8) is 0 Å². The summed E-state index contributed by atoms with van der Waals surface area (Å²) in [7, 11) is 0. The zero-order valence-electron chi connectivity index (χ0n) is 16.8. The highest BCUT2D eigenvalue weighted by Crippen LogP contribution is 2.32. The summed E-state index contributed by atoms with van der Waals surface area (Å²) in [6, 6.07) is 8.22. The van der Waals surface area contributed by atoms with Crippen molar-refractivity contribution in [3.8, 4) is 0 Å². The van der Waals surface area contributed by atoms with Crippen molar-refractivity contribution in [2.75, 3.05) is 29.4 Å². The number of carbonyl (C=O) groups excluding carboxylic acids is 2. The fraction of sp³-hybridized carbons (Fsp3) is 0.524. The summed E-state index contributed by atoms with van der Waals surface area (Å²) in [4.78, 5) is 28.7. The minimum absolute atomic E-state index is 0.0573. The van der Waals surface area contributed by atoms with Crippen molar-refractivity contribution in [2.24, 2.45) is 5.92 Å². The standard InChI is InChI=1S/C21H27N5O2S/c1-15-7-9-16(10-8-15)13-22-19(28)17-5-4-11-25(14-17)20-23-24-21(29-20)26-12-3-2-6-18(26)27/h7-10,17H,2-6,11-14H2,1H3,(H,22,28)/t17-/m1/s1. The lowest BCUT2D eigenvalue weighted by molar-refractivity contribution is -0.125. The quantitative estimate of drug-likeness (QED) is 0.815. The predicted molar refractivity (Wildman–Crippen MR) is 114 cm³/mol. The maximum absolute atomic E-state index is 12.7. The average Bonchev–Trinajstić information content (AvgIpc) is 3.23. The molecule has 3 heterocycles. The van der Waals surface area contributed by atoms with Crippen LogP contribution in [0.1, 0.15) is 43.2 Å². The zero-order valence-corrected chi connectivity index (χ0v) is 17.6. The topological polar surface area (TPSA) is 78.4 Å². The van der Waals surface area contributed by atoms with E-state index in [1.54, 1.807) is 4.90 Å². The summed E-state index contributed by atoms with van der Waals surface area (Å²) in [5, 5.41) is 13.1. The van der Waals surface area contributed by atoms with Gasteiger partial charge in [-0.15, -0.1) is 10.2 Å². The number of hydrogen-bond donors (Lipinski definition) is 1. The molecule has 1 atom stereocenters. The summed E-state index contributed by atoms with van der Waals surface area (Å²) < 4.78 is 0. The molecule has 0 radical (unpaired) electrons. The van der Waals surface area contributed by atoms with Crippen LogP contribution in [-0.4, -0.2) is 41.6 Å². The Morgan fingerprint density at radius 2 is 1.93 bits per heavy atom. The van der Waals surface area contributed by atoms with Crippen molar-refractivity contribution < 1.29 is 9.59 Å². The highest BCUT2D eigenvalue weighted by Gasteiger charge is 2.29. The van der Waals surface area contributed by atoms with Gasteiger partial charge in [-0.1, -0.05) is 41.2 Å². The number of benzene rings is 1. The van der Waals surface area contributed by atoms with Crippen LogP contribution in [0.4, 0.5) is 10.3 Å². The molecule has 7 nitrogen and oxygen atoms in total. The largest absolute Gasteiger partial charge is 0.352 e. The van der Waals surface area contributed by atoms with Gasteiger partial charge in [-0.25, -0.2) is 0 Å². The first-order valence-corrected chi connectivity index (χ1v) is 11.1. The van der Waals surface area contributed by atoms with Crippen LogP contribution in [-0.2, 0) is 16.1 Å². The number of amides is 2. The lowest BCUT2D eigenvalue weighted by Crippen LogP contribution is -2.43. The van der Waals surface area contributed by atoms with E-state index >= 15 is 0 Å². The summed E-state index contributed by atoms with van der Waals surface area (Å²) in [5.41, 5.74) is 2.32. The van der Waals surface area contributed by atoms with E-state index in [0.717, 1.165) is 49.5 Å². The van der Waals surface area contributed by atoms with Gasteiger partial charge in [0.05, 0.1) is 5.92 Å². The van der Waals surface area contributed by atoms with Gasteiger partial charge in [0.25, 0.3) is 0 Å². The van der Waals surface area contributed by atoms with E-state index in [1.165, 1.54) is 16.9 Å². The third-order valence-corrected chi connectivity index (χ3v) is 6.62. The molecule has 29 heavy (non-hydrogen) atoms. The number of hydrogen-bond acceptors (Lipinski definition) is 6. The third-order valence-electron chi connectivity index (χ3n) is 5.61. The van der Waals surface area contributed by atoms with Crippen LogP contribution in [0, 0.1) is 12.8 Å². The Morgan fingerprint density at radius 1 is 1.14 bits per heavy atom. The van der Waals surface area contributed by atoms with Crippen LogP contribution in [0.5, 0.6) is 0 Å². The summed E-state index contributed by atoms with van der Waals surface area (Å²) in [5.74, 6) is 0.162. The Morgan fingerprint density at radius 3 is 2.72 bits per heavy atom. The molecule has 2 aliphatic heterocycles. The van der Waals surface area contributed by atoms with Gasteiger partial charge in [0.2, 0.25) is 22.1 Å². The first kappa shape index (κ1) is 19.8. The number of carbonyl (C=O) groups is 2. The van der Waals surface area contributed by atoms with Gasteiger partial charge in [0, 0.05) is 32.6 Å². The molecular weight excluding hydrogens is 386 g/mol. The minimum atomic E-state index is -0.0573. The van der Waals surface area contributed by atoms with Gasteiger partial charge in [-0.05, 0) is 38.2 Å². The number of anilines is 2. The van der Waals surface area contributed by atoms with Crippen LogP contribution in [0.3, 0.4) is 0 Å². The normalized spacial score (nSPS) is 20.0. The molecule has 8 heteroatoms. The highest BCUT2D eigenvalue weighted by atomic mass is 32.1. The molecule has 1 aromatic carbocycles. The van der Waals surface area contributed by atoms with E-state index in [1.807, 2.05) is 12.1 Å². The SMILES string of the molecule is Cc1ccc(CNC(=O)[C@@H]2CCCN(c3nnc(N4CCCCC4=O)s3)C2)cc1. The first-order chi connectivity index (χ1) is 14.1. The molecule has 0 aliphatic carbocycles. The maximum Gasteiger partial charge on any atom is 0.228 e. The van der Waals surface area contributed by atoms with Crippen LogP contribution < -0.4 is 15.1 Å². The van der Waals surface area contributed by atoms with Gasteiger partial charge >= 0.3 is 0 Å². The Hall–Kier alpha value is -2.48. The van der Waals surface area contributed by atoms with Crippen LogP contribution in [0.25, 0.3) is 0 Å². The molecule has 154 valence electrons. The number of nitrogens with one attached hydrogen (secondary N) is 1. The maximum atomic E-state index is 12.7. The van der Waals surface area contributed by atoms with Crippen molar-refractivity contribution >= 4 is 33.4 Å². The monoisotopic (exact) mass is 413 g/mol. The van der Waals surface area contributed by atoms with Gasteiger partial charge in [0.15, 0.2) is 0 Å². The number of aryl methyl sites for hydroxylation is 1. The third kappa shape index (κ3) is 4.75. The Balaban J connectivity index is 1.35. The van der Waals surface area contributed by atoms with E-state index in [2.05, 4.69) is 39.5 Å². The van der Waals surface area contributed by atoms with Gasteiger partial charge in [-0.2, -0.15) is 0 Å². The minimum Gasteiger partial charge on any atom is -0.352 e. The molecule has 0 bridgehead atoms. The Labute approximate surface area is 175 Å². The average molecular weight is 414 g/mol. The molecule has 2 saturated heterocycles. The molecule has 2 aliphatic rings. The number of rotatable bonds is 5. The summed E-state index contributed by atoms with van der Waals surface area (Å²) in [6.07, 6.45) is 4.37. The van der Waals surface area contributed by atoms with Crippen molar-refractivity contribution in [3.05, 3.63) is 35.4 Å². The van der Waals surface area contributed by atoms with Gasteiger partial charge in [0.1, 0.15) is 0 Å². The molecule has 4 rings (SSSR count). The highest BCUT2D eigenvalue weighted by molar-refractivity contribution is 7.19. The molecule has 2 fully saturated rings. The lowest BCUT2D eigenvalue weighted by atomic mass is 9.97. The van der Waals surface area contributed by atoms with Crippen molar-refractivity contribution in [1.29, 1.82) is 0 Å². The van der Waals surface area contributed by atoms with Gasteiger partial charge < -0.3 is 10.2 Å².